The van der Waals surface area contributed by atoms with Gasteiger partial charge in [0.05, 0.1) is 12.8 Å². The molecule has 1 aliphatic rings. The highest BCUT2D eigenvalue weighted by Crippen LogP contribution is 2.41. The molecule has 0 aliphatic heterocycles. The van der Waals surface area contributed by atoms with Gasteiger partial charge in [-0.2, -0.15) is 0 Å². The maximum Gasteiger partial charge on any atom is 0.228 e. The second kappa shape index (κ2) is 4.96. The third kappa shape index (κ3) is 2.07. The van der Waals surface area contributed by atoms with Gasteiger partial charge in [-0.25, -0.2) is 0 Å². The number of nitrogens with one attached hydrogen (secondary N) is 1. The van der Waals surface area contributed by atoms with Crippen molar-refractivity contribution in [2.24, 2.45) is 0 Å². The molecule has 0 radical (unpaired) electrons. The van der Waals surface area contributed by atoms with Crippen molar-refractivity contribution in [2.45, 2.75) is 25.2 Å². The molecule has 100 valence electrons. The summed E-state index contributed by atoms with van der Waals surface area (Å²) in [5.41, 5.74) is 3.56. The summed E-state index contributed by atoms with van der Waals surface area (Å²) in [4.78, 5) is 0. The fraction of sp³-hybridized carbons (Fsp3) is 0.400. The lowest BCUT2D eigenvalue weighted by molar-refractivity contribution is 0.413. The molecule has 0 fully saturated rings. The average molecular weight is 258 g/mol. The van der Waals surface area contributed by atoms with Crippen LogP contribution < -0.4 is 10.1 Å². The number of benzene rings is 1. The van der Waals surface area contributed by atoms with Gasteiger partial charge < -0.3 is 14.6 Å². The van der Waals surface area contributed by atoms with Crippen LogP contribution in [-0.2, 0) is 6.42 Å². The van der Waals surface area contributed by atoms with Gasteiger partial charge in [-0.15, -0.1) is 0 Å². The summed E-state index contributed by atoms with van der Waals surface area (Å²) in [5.74, 6) is 2.03. The van der Waals surface area contributed by atoms with Crippen LogP contribution in [0.2, 0.25) is 0 Å². The number of aromatic nitrogens is 1. The molecule has 0 saturated heterocycles. The molecular formula is C15H18N2O2. The van der Waals surface area contributed by atoms with Gasteiger partial charge >= 0.3 is 0 Å². The molecule has 1 N–H and O–H groups in total. The third-order valence-electron chi connectivity index (χ3n) is 3.78. The Morgan fingerprint density at radius 2 is 2.32 bits per heavy atom. The molecule has 2 aromatic rings. The minimum Gasteiger partial charge on any atom is -0.497 e. The smallest absolute Gasteiger partial charge is 0.228 e. The minimum atomic E-state index is 0.340. The fourth-order valence-corrected chi connectivity index (χ4v) is 2.86. The zero-order chi connectivity index (χ0) is 13.2. The van der Waals surface area contributed by atoms with Crippen molar-refractivity contribution in [3.63, 3.8) is 0 Å². The molecule has 0 amide bonds. The highest BCUT2D eigenvalue weighted by molar-refractivity contribution is 5.51. The van der Waals surface area contributed by atoms with E-state index in [-0.39, 0.29) is 0 Å². The van der Waals surface area contributed by atoms with Crippen molar-refractivity contribution >= 4 is 5.88 Å². The molecule has 19 heavy (non-hydrogen) atoms. The predicted octanol–water partition coefficient (Wildman–Crippen LogP) is 3.19. The lowest BCUT2D eigenvalue weighted by Crippen LogP contribution is -2.11. The van der Waals surface area contributed by atoms with Crippen LogP contribution >= 0.6 is 0 Å². The highest BCUT2D eigenvalue weighted by Gasteiger charge is 2.29. The van der Waals surface area contributed by atoms with Crippen LogP contribution in [0.4, 0.5) is 5.88 Å². The number of ether oxygens (including phenoxy) is 1. The Morgan fingerprint density at radius 3 is 3.11 bits per heavy atom. The van der Waals surface area contributed by atoms with Gasteiger partial charge in [-0.1, -0.05) is 17.3 Å². The van der Waals surface area contributed by atoms with Crippen LogP contribution in [0.25, 0.3) is 0 Å². The number of hydrogen-bond acceptors (Lipinski definition) is 4. The van der Waals surface area contributed by atoms with E-state index in [1.54, 1.807) is 7.11 Å². The standard InChI is InChI=1S/C15H18N2O2/c1-16-15-14-12(7-4-8-13(14)17-19-15)10-5-3-6-11(9-10)18-2/h3,5-6,9,12,16H,4,7-8H2,1-2H3. The van der Waals surface area contributed by atoms with E-state index in [0.29, 0.717) is 5.92 Å². The first-order valence-corrected chi connectivity index (χ1v) is 6.63. The van der Waals surface area contributed by atoms with Crippen LogP contribution in [0, 0.1) is 0 Å². The van der Waals surface area contributed by atoms with Crippen molar-refractivity contribution in [1.29, 1.82) is 0 Å². The molecule has 3 rings (SSSR count). The van der Waals surface area contributed by atoms with Gasteiger partial charge in [0.15, 0.2) is 0 Å². The van der Waals surface area contributed by atoms with Gasteiger partial charge in [0.1, 0.15) is 5.75 Å². The van der Waals surface area contributed by atoms with Crippen molar-refractivity contribution in [1.82, 2.24) is 5.16 Å². The molecule has 1 aromatic heterocycles. The Labute approximate surface area is 112 Å². The van der Waals surface area contributed by atoms with Crippen LogP contribution in [-0.4, -0.2) is 19.3 Å². The number of methoxy groups -OCH3 is 1. The van der Waals surface area contributed by atoms with Crippen molar-refractivity contribution in [3.05, 3.63) is 41.1 Å². The molecule has 0 bridgehead atoms. The first-order chi connectivity index (χ1) is 9.33. The average Bonchev–Trinajstić information content (AvgIpc) is 2.90. The second-order valence-corrected chi connectivity index (χ2v) is 4.84. The lowest BCUT2D eigenvalue weighted by Gasteiger charge is -2.22. The van der Waals surface area contributed by atoms with Crippen LogP contribution in [0.1, 0.15) is 35.6 Å². The quantitative estimate of drug-likeness (QED) is 0.918. The molecule has 1 atom stereocenters. The maximum absolute atomic E-state index is 5.38. The molecule has 1 unspecified atom stereocenters. The molecule has 0 saturated carbocycles. The van der Waals surface area contributed by atoms with E-state index < -0.39 is 0 Å². The highest BCUT2D eigenvalue weighted by atomic mass is 16.5. The van der Waals surface area contributed by atoms with Gasteiger partial charge in [0, 0.05) is 18.5 Å². The molecule has 4 heteroatoms. The Bertz CT molecular complexity index is 564. The van der Waals surface area contributed by atoms with Crippen LogP contribution in [0.3, 0.4) is 0 Å². The van der Waals surface area contributed by atoms with E-state index in [0.717, 1.165) is 36.6 Å². The summed E-state index contributed by atoms with van der Waals surface area (Å²) < 4.78 is 10.7. The number of hydrogen-bond donors (Lipinski definition) is 1. The van der Waals surface area contributed by atoms with Crippen molar-refractivity contribution in [2.75, 3.05) is 19.5 Å². The Kier molecular flexibility index (Phi) is 3.15. The van der Waals surface area contributed by atoms with E-state index in [1.807, 2.05) is 19.2 Å². The molecule has 1 heterocycles. The summed E-state index contributed by atoms with van der Waals surface area (Å²) in [6.45, 7) is 0. The Morgan fingerprint density at radius 1 is 1.42 bits per heavy atom. The largest absolute Gasteiger partial charge is 0.497 e. The number of rotatable bonds is 3. The Hall–Kier alpha value is -1.97. The topological polar surface area (TPSA) is 47.3 Å². The first-order valence-electron chi connectivity index (χ1n) is 6.63. The van der Waals surface area contributed by atoms with Crippen LogP contribution in [0.5, 0.6) is 5.75 Å². The molecular weight excluding hydrogens is 240 g/mol. The SMILES string of the molecule is CNc1onc2c1C(c1cccc(OC)c1)CCC2. The minimum absolute atomic E-state index is 0.340. The van der Waals surface area contributed by atoms with E-state index in [4.69, 9.17) is 9.26 Å². The molecule has 1 aliphatic carbocycles. The number of anilines is 1. The van der Waals surface area contributed by atoms with Crippen LogP contribution in [0.15, 0.2) is 28.8 Å². The zero-order valence-corrected chi connectivity index (χ0v) is 11.3. The van der Waals surface area contributed by atoms with Crippen molar-refractivity contribution in [3.8, 4) is 5.75 Å². The van der Waals surface area contributed by atoms with E-state index in [1.165, 1.54) is 11.1 Å². The van der Waals surface area contributed by atoms with Gasteiger partial charge in [-0.05, 0) is 37.0 Å². The molecule has 0 spiro atoms. The van der Waals surface area contributed by atoms with Crippen molar-refractivity contribution < 1.29 is 9.26 Å². The summed E-state index contributed by atoms with van der Waals surface area (Å²) in [6, 6.07) is 8.26. The fourth-order valence-electron chi connectivity index (χ4n) is 2.86. The van der Waals surface area contributed by atoms with Gasteiger partial charge in [0.25, 0.3) is 0 Å². The van der Waals surface area contributed by atoms with Gasteiger partial charge in [0.2, 0.25) is 5.88 Å². The monoisotopic (exact) mass is 258 g/mol. The zero-order valence-electron chi connectivity index (χ0n) is 11.3. The lowest BCUT2D eigenvalue weighted by atomic mass is 9.81. The summed E-state index contributed by atoms with van der Waals surface area (Å²) in [6.07, 6.45) is 3.27. The molecule has 1 aromatic carbocycles. The molecule has 4 nitrogen and oxygen atoms in total. The Balaban J connectivity index is 2.04. The second-order valence-electron chi connectivity index (χ2n) is 4.84. The normalized spacial score (nSPS) is 17.9. The van der Waals surface area contributed by atoms with E-state index in [9.17, 15) is 0 Å². The van der Waals surface area contributed by atoms with E-state index in [2.05, 4.69) is 22.6 Å². The summed E-state index contributed by atoms with van der Waals surface area (Å²) >= 11 is 0. The number of aryl methyl sites for hydroxylation is 1. The van der Waals surface area contributed by atoms with E-state index >= 15 is 0 Å². The maximum atomic E-state index is 5.38. The number of nitrogens with zero attached hydrogens (tertiary/aromatic N) is 1. The predicted molar refractivity (Wildman–Crippen MR) is 73.8 cm³/mol. The third-order valence-corrected chi connectivity index (χ3v) is 3.78. The summed E-state index contributed by atoms with van der Waals surface area (Å²) in [7, 11) is 3.57. The number of fused-ring (bicyclic) bond motifs is 1. The van der Waals surface area contributed by atoms with Gasteiger partial charge in [-0.3, -0.25) is 0 Å². The summed E-state index contributed by atoms with van der Waals surface area (Å²) in [5, 5.41) is 7.28. The first kappa shape index (κ1) is 12.1.